The number of carbonyl (C=O) groups is 2. The van der Waals surface area contributed by atoms with Gasteiger partial charge in [0.2, 0.25) is 11.8 Å². The number of anilines is 3. The molecule has 0 saturated carbocycles. The van der Waals surface area contributed by atoms with Gasteiger partial charge in [0.15, 0.2) is 0 Å². The highest BCUT2D eigenvalue weighted by Gasteiger charge is 2.06. The first-order valence-electron chi connectivity index (χ1n) is 6.80. The molecule has 0 spiro atoms. The number of hydrogen-bond donors (Lipinski definition) is 3. The molecule has 0 radical (unpaired) electrons. The number of rotatable bonds is 5. The zero-order valence-corrected chi connectivity index (χ0v) is 13.8. The van der Waals surface area contributed by atoms with E-state index in [0.29, 0.717) is 21.4 Å². The number of carbonyl (C=O) groups excluding carboxylic acids is 2. The lowest BCUT2D eigenvalue weighted by Crippen LogP contribution is -2.21. The van der Waals surface area contributed by atoms with Crippen LogP contribution < -0.4 is 16.0 Å². The molecule has 23 heavy (non-hydrogen) atoms. The smallest absolute Gasteiger partial charge is 0.243 e. The van der Waals surface area contributed by atoms with Crippen LogP contribution in [0.3, 0.4) is 0 Å². The first-order valence-corrected chi connectivity index (χ1v) is 7.56. The quantitative estimate of drug-likeness (QED) is 0.762. The Bertz CT molecular complexity index is 718. The summed E-state index contributed by atoms with van der Waals surface area (Å²) in [7, 11) is 0. The zero-order chi connectivity index (χ0) is 16.8. The molecule has 0 saturated heterocycles. The summed E-state index contributed by atoms with van der Waals surface area (Å²) in [5.74, 6) is -0.370. The van der Waals surface area contributed by atoms with Crippen molar-refractivity contribution in [1.29, 1.82) is 0 Å². The maximum Gasteiger partial charge on any atom is 0.243 e. The highest BCUT2D eigenvalue weighted by atomic mass is 35.5. The second kappa shape index (κ2) is 7.85. The second-order valence-corrected chi connectivity index (χ2v) is 5.63. The number of benzene rings is 2. The minimum absolute atomic E-state index is 0.0818. The van der Waals surface area contributed by atoms with Gasteiger partial charge in [-0.3, -0.25) is 9.59 Å². The van der Waals surface area contributed by atoms with Crippen molar-refractivity contribution in [3.8, 4) is 0 Å². The molecule has 0 unspecified atom stereocenters. The third-order valence-electron chi connectivity index (χ3n) is 2.86. The van der Waals surface area contributed by atoms with Crippen molar-refractivity contribution in [3.63, 3.8) is 0 Å². The van der Waals surface area contributed by atoms with E-state index in [1.54, 1.807) is 42.5 Å². The first-order chi connectivity index (χ1) is 10.9. The van der Waals surface area contributed by atoms with Crippen molar-refractivity contribution >= 4 is 52.1 Å². The van der Waals surface area contributed by atoms with E-state index in [2.05, 4.69) is 16.0 Å². The predicted molar refractivity (Wildman–Crippen MR) is 94.3 cm³/mol. The van der Waals surface area contributed by atoms with Crippen LogP contribution in [-0.4, -0.2) is 18.4 Å². The van der Waals surface area contributed by atoms with Gasteiger partial charge in [-0.15, -0.1) is 0 Å². The normalized spacial score (nSPS) is 10.0. The second-order valence-electron chi connectivity index (χ2n) is 4.78. The van der Waals surface area contributed by atoms with E-state index in [-0.39, 0.29) is 18.4 Å². The van der Waals surface area contributed by atoms with Gasteiger partial charge in [0.25, 0.3) is 0 Å². The summed E-state index contributed by atoms with van der Waals surface area (Å²) >= 11 is 11.8. The van der Waals surface area contributed by atoms with Crippen LogP contribution in [0.15, 0.2) is 42.5 Å². The number of amides is 2. The van der Waals surface area contributed by atoms with Gasteiger partial charge in [-0.05, 0) is 42.5 Å². The molecular weight excluding hydrogens is 337 g/mol. The van der Waals surface area contributed by atoms with Crippen LogP contribution in [-0.2, 0) is 9.59 Å². The summed E-state index contributed by atoms with van der Waals surface area (Å²) in [5, 5.41) is 9.23. The van der Waals surface area contributed by atoms with Gasteiger partial charge in [0.05, 0.1) is 17.3 Å². The van der Waals surface area contributed by atoms with Crippen LogP contribution in [0, 0.1) is 0 Å². The van der Waals surface area contributed by atoms with E-state index in [1.807, 2.05) is 0 Å². The summed E-state index contributed by atoms with van der Waals surface area (Å²) < 4.78 is 0. The molecule has 7 heteroatoms. The summed E-state index contributed by atoms with van der Waals surface area (Å²) in [6, 6.07) is 11.9. The van der Waals surface area contributed by atoms with Crippen LogP contribution >= 0.6 is 23.2 Å². The average Bonchev–Trinajstić information content (AvgIpc) is 2.49. The molecule has 2 rings (SSSR count). The fourth-order valence-corrected chi connectivity index (χ4v) is 2.30. The molecule has 0 aliphatic rings. The molecule has 0 fully saturated rings. The van der Waals surface area contributed by atoms with Crippen molar-refractivity contribution in [2.24, 2.45) is 0 Å². The fraction of sp³-hybridized carbons (Fsp3) is 0.125. The number of hydrogen-bond acceptors (Lipinski definition) is 3. The highest BCUT2D eigenvalue weighted by Crippen LogP contribution is 2.25. The molecule has 120 valence electrons. The van der Waals surface area contributed by atoms with E-state index in [9.17, 15) is 9.59 Å². The maximum atomic E-state index is 11.9. The van der Waals surface area contributed by atoms with Crippen molar-refractivity contribution in [2.75, 3.05) is 22.5 Å². The molecule has 0 aromatic heterocycles. The van der Waals surface area contributed by atoms with E-state index in [0.717, 1.165) is 5.69 Å². The monoisotopic (exact) mass is 351 g/mol. The van der Waals surface area contributed by atoms with Gasteiger partial charge in [0.1, 0.15) is 0 Å². The van der Waals surface area contributed by atoms with E-state index in [1.165, 1.54) is 6.92 Å². The van der Waals surface area contributed by atoms with Gasteiger partial charge >= 0.3 is 0 Å². The number of nitrogens with one attached hydrogen (secondary N) is 3. The largest absolute Gasteiger partial charge is 0.376 e. The SMILES string of the molecule is CC(=O)Nc1ccc(NCC(=O)Nc2ccc(Cl)cc2Cl)cc1. The molecule has 5 nitrogen and oxygen atoms in total. The minimum Gasteiger partial charge on any atom is -0.376 e. The Hall–Kier alpha value is -2.24. The summed E-state index contributed by atoms with van der Waals surface area (Å²) in [5.41, 5.74) is 1.96. The molecule has 0 bridgehead atoms. The Kier molecular flexibility index (Phi) is 5.84. The van der Waals surface area contributed by atoms with Crippen LogP contribution in [0.4, 0.5) is 17.1 Å². The van der Waals surface area contributed by atoms with Crippen molar-refractivity contribution in [3.05, 3.63) is 52.5 Å². The molecule has 2 amide bonds. The molecule has 0 heterocycles. The topological polar surface area (TPSA) is 70.2 Å². The summed E-state index contributed by atoms with van der Waals surface area (Å²) in [4.78, 5) is 22.8. The van der Waals surface area contributed by atoms with E-state index < -0.39 is 0 Å². The zero-order valence-electron chi connectivity index (χ0n) is 12.3. The molecule has 2 aromatic carbocycles. The lowest BCUT2D eigenvalue weighted by molar-refractivity contribution is -0.115. The Morgan fingerprint density at radius 1 is 0.957 bits per heavy atom. The number of halogens is 2. The van der Waals surface area contributed by atoms with Crippen LogP contribution in [0.5, 0.6) is 0 Å². The Labute approximate surface area is 144 Å². The van der Waals surface area contributed by atoms with Crippen LogP contribution in [0.2, 0.25) is 10.0 Å². The molecule has 3 N–H and O–H groups in total. The molecule has 0 aliphatic carbocycles. The average molecular weight is 352 g/mol. The summed E-state index contributed by atoms with van der Waals surface area (Å²) in [6.07, 6.45) is 0. The van der Waals surface area contributed by atoms with Crippen LogP contribution in [0.1, 0.15) is 6.92 Å². The van der Waals surface area contributed by atoms with Gasteiger partial charge in [0, 0.05) is 23.3 Å². The molecule has 0 aliphatic heterocycles. The Morgan fingerprint density at radius 2 is 1.61 bits per heavy atom. The van der Waals surface area contributed by atoms with Crippen molar-refractivity contribution in [2.45, 2.75) is 6.92 Å². The first kappa shape index (κ1) is 17.1. The molecular formula is C16H15Cl2N3O2. The Morgan fingerprint density at radius 3 is 2.22 bits per heavy atom. The maximum absolute atomic E-state index is 11.9. The molecule has 2 aromatic rings. The van der Waals surface area contributed by atoms with E-state index in [4.69, 9.17) is 23.2 Å². The predicted octanol–water partition coefficient (Wildman–Crippen LogP) is 4.00. The minimum atomic E-state index is -0.236. The third-order valence-corrected chi connectivity index (χ3v) is 3.41. The van der Waals surface area contributed by atoms with E-state index >= 15 is 0 Å². The fourth-order valence-electron chi connectivity index (χ4n) is 1.84. The lowest BCUT2D eigenvalue weighted by Gasteiger charge is -2.10. The third kappa shape index (κ3) is 5.47. The van der Waals surface area contributed by atoms with Gasteiger partial charge in [-0.2, -0.15) is 0 Å². The van der Waals surface area contributed by atoms with Crippen LogP contribution in [0.25, 0.3) is 0 Å². The summed E-state index contributed by atoms with van der Waals surface area (Å²) in [6.45, 7) is 1.52. The highest BCUT2D eigenvalue weighted by molar-refractivity contribution is 6.36. The lowest BCUT2D eigenvalue weighted by atomic mass is 10.2. The standard InChI is InChI=1S/C16H15Cl2N3O2/c1-10(22)20-13-5-3-12(4-6-13)19-9-16(23)21-15-7-2-11(17)8-14(15)18/h2-8,19H,9H2,1H3,(H,20,22)(H,21,23). The van der Waals surface area contributed by atoms with Gasteiger partial charge in [-0.1, -0.05) is 23.2 Å². The van der Waals surface area contributed by atoms with Crippen molar-refractivity contribution in [1.82, 2.24) is 0 Å². The molecule has 0 atom stereocenters. The van der Waals surface area contributed by atoms with Gasteiger partial charge < -0.3 is 16.0 Å². The van der Waals surface area contributed by atoms with Crippen molar-refractivity contribution < 1.29 is 9.59 Å². The van der Waals surface area contributed by atoms with Gasteiger partial charge in [-0.25, -0.2) is 0 Å². The Balaban J connectivity index is 1.87.